The highest BCUT2D eigenvalue weighted by Gasteiger charge is 2.48. The summed E-state index contributed by atoms with van der Waals surface area (Å²) in [6.07, 6.45) is 11.8. The zero-order chi connectivity index (χ0) is 30.7. The van der Waals surface area contributed by atoms with E-state index in [9.17, 15) is 4.79 Å². The van der Waals surface area contributed by atoms with E-state index in [0.29, 0.717) is 24.0 Å². The number of hydrogen-bond donors (Lipinski definition) is 2. The third kappa shape index (κ3) is 6.31. The molecule has 3 aliphatic rings. The Morgan fingerprint density at radius 1 is 1.09 bits per heavy atom. The molecular weight excluding hydrogens is 548 g/mol. The van der Waals surface area contributed by atoms with Gasteiger partial charge in [0.25, 0.3) is 5.56 Å². The van der Waals surface area contributed by atoms with Crippen molar-refractivity contribution in [3.05, 3.63) is 64.5 Å². The summed E-state index contributed by atoms with van der Waals surface area (Å²) >= 11 is 0. The minimum atomic E-state index is -0.00760. The third-order valence-electron chi connectivity index (χ3n) is 10.5. The van der Waals surface area contributed by atoms with Crippen LogP contribution in [0.4, 0.5) is 5.69 Å². The monoisotopic (exact) mass is 600 g/mol. The quantitative estimate of drug-likeness (QED) is 0.287. The van der Waals surface area contributed by atoms with E-state index in [1.165, 1.54) is 18.5 Å². The fraction of sp³-hybridized carbons (Fsp3) is 0.639. The van der Waals surface area contributed by atoms with E-state index in [0.717, 1.165) is 88.2 Å². The molecule has 3 fully saturated rings. The molecule has 238 valence electrons. The Balaban J connectivity index is 1.24. The molecule has 0 radical (unpaired) electrons. The lowest BCUT2D eigenvalue weighted by Gasteiger charge is -2.46. The molecule has 44 heavy (non-hydrogen) atoms. The zero-order valence-corrected chi connectivity index (χ0v) is 27.3. The molecule has 2 N–H and O–H groups in total. The Morgan fingerprint density at radius 3 is 2.59 bits per heavy atom. The van der Waals surface area contributed by atoms with Crippen LogP contribution in [0, 0.1) is 0 Å². The fourth-order valence-electron chi connectivity index (χ4n) is 8.52. The summed E-state index contributed by atoms with van der Waals surface area (Å²) in [4.78, 5) is 26.6. The molecule has 2 saturated heterocycles. The first-order valence-electron chi connectivity index (χ1n) is 17.2. The van der Waals surface area contributed by atoms with E-state index >= 15 is 0 Å². The van der Waals surface area contributed by atoms with Gasteiger partial charge in [-0.15, -0.1) is 0 Å². The Hall–Kier alpha value is -2.81. The van der Waals surface area contributed by atoms with Crippen molar-refractivity contribution in [3.63, 3.8) is 0 Å². The predicted octanol–water partition coefficient (Wildman–Crippen LogP) is 6.20. The number of rotatable bonds is 10. The van der Waals surface area contributed by atoms with Gasteiger partial charge in [-0.2, -0.15) is 0 Å². The van der Waals surface area contributed by atoms with Gasteiger partial charge in [-0.1, -0.05) is 32.3 Å². The molecule has 0 amide bonds. The van der Waals surface area contributed by atoms with Crippen LogP contribution in [-0.2, 0) is 16.7 Å². The molecule has 0 unspecified atom stereocenters. The van der Waals surface area contributed by atoms with Gasteiger partial charge in [0.05, 0.1) is 22.5 Å². The Bertz CT molecular complexity index is 1460. The summed E-state index contributed by atoms with van der Waals surface area (Å²) in [5.41, 5.74) is 3.00. The molecule has 8 nitrogen and oxygen atoms in total. The number of pyridine rings is 1. The van der Waals surface area contributed by atoms with Gasteiger partial charge in [-0.05, 0) is 89.6 Å². The topological polar surface area (TPSA) is 84.3 Å². The van der Waals surface area contributed by atoms with Crippen LogP contribution in [0.15, 0.2) is 47.4 Å². The molecule has 1 spiro atoms. The van der Waals surface area contributed by atoms with E-state index < -0.39 is 0 Å². The number of piperazine rings is 1. The van der Waals surface area contributed by atoms with Gasteiger partial charge in [-0.25, -0.2) is 4.98 Å². The molecule has 1 saturated carbocycles. The smallest absolute Gasteiger partial charge is 0.261 e. The van der Waals surface area contributed by atoms with Crippen LogP contribution in [0.5, 0.6) is 0 Å². The number of nitrogens with one attached hydrogen (secondary N) is 2. The number of anilines is 1. The maximum Gasteiger partial charge on any atom is 0.261 e. The Labute approximate surface area is 263 Å². The summed E-state index contributed by atoms with van der Waals surface area (Å²) in [6, 6.07) is 13.4. The molecular formula is C36H52N6O2. The summed E-state index contributed by atoms with van der Waals surface area (Å²) < 4.78 is 8.36. The van der Waals surface area contributed by atoms with Gasteiger partial charge < -0.3 is 15.4 Å². The van der Waals surface area contributed by atoms with Crippen LogP contribution >= 0.6 is 0 Å². The van der Waals surface area contributed by atoms with Crippen molar-refractivity contribution in [1.29, 1.82) is 0 Å². The molecule has 2 aromatic heterocycles. The number of hydrogen-bond acceptors (Lipinski definition) is 7. The largest absolute Gasteiger partial charge is 0.385 e. The molecule has 0 bridgehead atoms. The summed E-state index contributed by atoms with van der Waals surface area (Å²) in [7, 11) is 0. The summed E-state index contributed by atoms with van der Waals surface area (Å²) in [5.74, 6) is 0.909. The van der Waals surface area contributed by atoms with Crippen LogP contribution in [0.1, 0.15) is 103 Å². The summed E-state index contributed by atoms with van der Waals surface area (Å²) in [6.45, 7) is 12.9. The first kappa shape index (κ1) is 31.2. The Morgan fingerprint density at radius 2 is 1.89 bits per heavy atom. The van der Waals surface area contributed by atoms with Crippen LogP contribution < -0.4 is 16.2 Å². The highest BCUT2D eigenvalue weighted by Crippen LogP contribution is 2.49. The number of benzene rings is 1. The predicted molar refractivity (Wildman–Crippen MR) is 178 cm³/mol. The molecule has 6 rings (SSSR count). The highest BCUT2D eigenvalue weighted by molar-refractivity contribution is 5.81. The molecule has 2 aliphatic heterocycles. The van der Waals surface area contributed by atoms with E-state index in [1.54, 1.807) is 0 Å². The second kappa shape index (κ2) is 13.3. The van der Waals surface area contributed by atoms with Gasteiger partial charge in [0.2, 0.25) is 0 Å². The standard InChI is InChI=1S/C36H52N6O2/c1-5-11-31(41-23-26(3)39-27(4)24-41)33-40-30-14-13-28(22-29(30)34(43)42(33)6-2)37-20-17-35(32-12-7-10-19-38-32)18-21-44-36(25-35)15-8-9-16-36/h7,10,12-14,19,22,26-27,31,37,39H,5-6,8-9,11,15-18,20-21,23-25H2,1-4H3/t26-,27+,31-,35-/m0/s1. The highest BCUT2D eigenvalue weighted by atomic mass is 16.5. The first-order chi connectivity index (χ1) is 21.4. The Kier molecular flexibility index (Phi) is 9.41. The van der Waals surface area contributed by atoms with E-state index in [-0.39, 0.29) is 22.6 Å². The molecule has 8 heteroatoms. The van der Waals surface area contributed by atoms with Crippen LogP contribution in [-0.4, -0.2) is 63.4 Å². The lowest BCUT2D eigenvalue weighted by atomic mass is 9.68. The number of fused-ring (bicyclic) bond motifs is 1. The van der Waals surface area contributed by atoms with E-state index in [1.807, 2.05) is 29.0 Å². The SMILES string of the molecule is CCC[C@@H](c1nc2ccc(NCC[C@]3(c4ccccn4)CCOC4(CCCC4)C3)cc2c(=O)n1CC)N1C[C@@H](C)N[C@@H](C)C1. The average molecular weight is 601 g/mol. The second-order valence-electron chi connectivity index (χ2n) is 13.8. The number of nitrogens with zero attached hydrogens (tertiary/aromatic N) is 4. The van der Waals surface area contributed by atoms with Crippen molar-refractivity contribution in [3.8, 4) is 0 Å². The van der Waals surface area contributed by atoms with E-state index in [2.05, 4.69) is 61.4 Å². The van der Waals surface area contributed by atoms with Gasteiger partial charge in [0, 0.05) is 67.9 Å². The molecule has 4 heterocycles. The lowest BCUT2D eigenvalue weighted by Crippen LogP contribution is -2.55. The molecule has 1 aliphatic carbocycles. The maximum absolute atomic E-state index is 14.0. The zero-order valence-electron chi connectivity index (χ0n) is 27.3. The van der Waals surface area contributed by atoms with Crippen molar-refractivity contribution in [2.24, 2.45) is 0 Å². The number of ether oxygens (including phenoxy) is 1. The van der Waals surface area contributed by atoms with Crippen molar-refractivity contribution < 1.29 is 4.74 Å². The van der Waals surface area contributed by atoms with Gasteiger partial charge in [-0.3, -0.25) is 19.2 Å². The van der Waals surface area contributed by atoms with Crippen molar-refractivity contribution in [2.45, 2.75) is 121 Å². The molecule has 1 aromatic carbocycles. The van der Waals surface area contributed by atoms with Crippen LogP contribution in [0.2, 0.25) is 0 Å². The van der Waals surface area contributed by atoms with Gasteiger partial charge in [0.1, 0.15) is 5.82 Å². The molecule has 4 atom stereocenters. The van der Waals surface area contributed by atoms with Gasteiger partial charge in [0.15, 0.2) is 0 Å². The fourth-order valence-corrected chi connectivity index (χ4v) is 8.52. The minimum Gasteiger partial charge on any atom is -0.385 e. The van der Waals surface area contributed by atoms with E-state index in [4.69, 9.17) is 14.7 Å². The van der Waals surface area contributed by atoms with Crippen LogP contribution in [0.25, 0.3) is 10.9 Å². The third-order valence-corrected chi connectivity index (χ3v) is 10.5. The normalized spacial score (nSPS) is 26.3. The summed E-state index contributed by atoms with van der Waals surface area (Å²) in [5, 5.41) is 8.02. The van der Waals surface area contributed by atoms with Gasteiger partial charge >= 0.3 is 0 Å². The van der Waals surface area contributed by atoms with Crippen LogP contribution in [0.3, 0.4) is 0 Å². The average Bonchev–Trinajstić information content (AvgIpc) is 3.47. The van der Waals surface area contributed by atoms with Crippen molar-refractivity contribution >= 4 is 16.6 Å². The minimum absolute atomic E-state index is 0.00373. The number of aromatic nitrogens is 3. The maximum atomic E-state index is 14.0. The van der Waals surface area contributed by atoms with Crippen molar-refractivity contribution in [2.75, 3.05) is 31.6 Å². The first-order valence-corrected chi connectivity index (χ1v) is 17.2. The van der Waals surface area contributed by atoms with Crippen molar-refractivity contribution in [1.82, 2.24) is 24.8 Å². The lowest BCUT2D eigenvalue weighted by molar-refractivity contribution is -0.104. The molecule has 3 aromatic rings. The second-order valence-corrected chi connectivity index (χ2v) is 13.8.